The molecule has 2 N–H and O–H groups in total. The van der Waals surface area contributed by atoms with Crippen LogP contribution >= 0.6 is 11.3 Å². The molecule has 11 nitrogen and oxygen atoms in total. The number of esters is 1. The fourth-order valence-corrected chi connectivity index (χ4v) is 5.40. The van der Waals surface area contributed by atoms with Crippen molar-refractivity contribution in [3.05, 3.63) is 60.9 Å². The van der Waals surface area contributed by atoms with Gasteiger partial charge in [-0.1, -0.05) is 0 Å². The van der Waals surface area contributed by atoms with Crippen molar-refractivity contribution in [2.24, 2.45) is 5.92 Å². The van der Waals surface area contributed by atoms with E-state index in [2.05, 4.69) is 5.32 Å². The van der Waals surface area contributed by atoms with Gasteiger partial charge in [-0.15, -0.1) is 11.3 Å². The topological polar surface area (TPSA) is 153 Å². The fourth-order valence-electron chi connectivity index (χ4n) is 4.18. The molecule has 0 aliphatic carbocycles. The minimum Gasteiger partial charge on any atom is -0.496 e. The highest BCUT2D eigenvalue weighted by atomic mass is 32.1. The number of aliphatic hydroxyl groups is 1. The Morgan fingerprint density at radius 3 is 2.40 bits per heavy atom. The van der Waals surface area contributed by atoms with E-state index in [0.717, 1.165) is 15.9 Å². The first-order valence-corrected chi connectivity index (χ1v) is 14.6. The van der Waals surface area contributed by atoms with Gasteiger partial charge in [0.25, 0.3) is 5.56 Å². The van der Waals surface area contributed by atoms with Gasteiger partial charge in [0, 0.05) is 12.6 Å². The van der Waals surface area contributed by atoms with E-state index in [1.165, 1.54) is 43.7 Å². The summed E-state index contributed by atoms with van der Waals surface area (Å²) in [6.07, 6.45) is 0.193. The van der Waals surface area contributed by atoms with Crippen molar-refractivity contribution < 1.29 is 28.6 Å². The van der Waals surface area contributed by atoms with Crippen LogP contribution in [0.3, 0.4) is 0 Å². The number of nitrogens with one attached hydrogen (secondary N) is 1. The third kappa shape index (κ3) is 7.88. The summed E-state index contributed by atoms with van der Waals surface area (Å²) in [4.78, 5) is 53.7. The number of aliphatic hydroxyl groups excluding tert-OH is 1. The molecule has 0 aliphatic rings. The van der Waals surface area contributed by atoms with Gasteiger partial charge in [0.05, 0.1) is 37.7 Å². The van der Waals surface area contributed by atoms with E-state index in [4.69, 9.17) is 19.8 Å². The first-order chi connectivity index (χ1) is 20.2. The fraction of sp³-hybridized carbons (Fsp3) is 0.500. The highest BCUT2D eigenvalue weighted by Gasteiger charge is 2.36. The molecular weight excluding hydrogens is 579 g/mol. The molecule has 0 radical (unpaired) electrons. The van der Waals surface area contributed by atoms with E-state index in [-0.39, 0.29) is 53.2 Å². The van der Waals surface area contributed by atoms with Crippen molar-refractivity contribution in [1.29, 1.82) is 5.26 Å². The van der Waals surface area contributed by atoms with E-state index in [1.807, 2.05) is 6.07 Å². The second-order valence-corrected chi connectivity index (χ2v) is 11.6. The van der Waals surface area contributed by atoms with E-state index < -0.39 is 34.5 Å². The van der Waals surface area contributed by atoms with Crippen molar-refractivity contribution >= 4 is 33.4 Å². The zero-order valence-corrected chi connectivity index (χ0v) is 26.6. The summed E-state index contributed by atoms with van der Waals surface area (Å²) >= 11 is 0.983. The van der Waals surface area contributed by atoms with Gasteiger partial charge in [0.2, 0.25) is 5.91 Å². The van der Waals surface area contributed by atoms with Crippen LogP contribution < -0.4 is 21.3 Å². The molecule has 2 aromatic heterocycles. The molecule has 2 heterocycles. The van der Waals surface area contributed by atoms with Crippen LogP contribution in [0.1, 0.15) is 62.3 Å². The lowest BCUT2D eigenvalue weighted by atomic mass is 10.0. The molecular formula is C30H39FN4O7S. The molecule has 0 aliphatic heterocycles. The Morgan fingerprint density at radius 2 is 1.88 bits per heavy atom. The molecule has 1 amide bonds. The first kappa shape index (κ1) is 35.2. The maximum Gasteiger partial charge on any atom is 0.348 e. The number of carbonyl (C=O) groups is 2. The van der Waals surface area contributed by atoms with E-state index in [1.54, 1.807) is 34.6 Å². The van der Waals surface area contributed by atoms with Crippen LogP contribution in [-0.2, 0) is 28.0 Å². The minimum atomic E-state index is -1.54. The van der Waals surface area contributed by atoms with Gasteiger partial charge < -0.3 is 19.9 Å². The number of halogens is 1. The molecule has 3 aromatic rings. The number of benzene rings is 1. The number of thiophene rings is 1. The number of ether oxygens (including phenoxy) is 2. The van der Waals surface area contributed by atoms with E-state index in [9.17, 15) is 23.6 Å². The minimum absolute atomic E-state index is 0.0312. The standard InChI is InChI=1S/C26H32FN3O6S.C4H7NO/c1-8-36-23(32)20-15(4)19-21(31)30(26(5,6)24(33)28-14(2)3)25(34)29(22(19)37-20)12-11-16-13-17(27)9-10-18(16)35-7;1-4(2-5)3-6/h9-10,13-14H,8,11-12H2,1-7H3,(H,28,33);4,6H,3H2,1H3. The number of hydrogen-bond donors (Lipinski definition) is 2. The Labute approximate surface area is 253 Å². The van der Waals surface area contributed by atoms with Gasteiger partial charge in [0.1, 0.15) is 26.8 Å². The first-order valence-electron chi connectivity index (χ1n) is 13.8. The monoisotopic (exact) mass is 618 g/mol. The molecule has 0 saturated heterocycles. The molecule has 3 rings (SSSR count). The molecule has 43 heavy (non-hydrogen) atoms. The van der Waals surface area contributed by atoms with Crippen LogP contribution in [0.4, 0.5) is 4.39 Å². The van der Waals surface area contributed by atoms with E-state index in [0.29, 0.717) is 16.9 Å². The van der Waals surface area contributed by atoms with E-state index >= 15 is 0 Å². The molecule has 0 saturated carbocycles. The van der Waals surface area contributed by atoms with Crippen LogP contribution in [0.15, 0.2) is 27.8 Å². The predicted octanol–water partition coefficient (Wildman–Crippen LogP) is 3.50. The largest absolute Gasteiger partial charge is 0.496 e. The molecule has 0 bridgehead atoms. The Hall–Kier alpha value is -4.02. The Kier molecular flexibility index (Phi) is 12.2. The average molecular weight is 619 g/mol. The SMILES string of the molecule is CC(C#N)CO.CCOC(=O)c1sc2c(c1C)c(=O)n(C(C)(C)C(=O)NC(C)C)c(=O)n2CCc1cc(F)ccc1OC. The summed E-state index contributed by atoms with van der Waals surface area (Å²) in [5, 5.41) is 19.0. The third-order valence-electron chi connectivity index (χ3n) is 6.55. The normalized spacial score (nSPS) is 11.9. The maximum atomic E-state index is 14.0. The molecule has 0 fully saturated rings. The number of hydrogen-bond acceptors (Lipinski definition) is 9. The van der Waals surface area contributed by atoms with Gasteiger partial charge >= 0.3 is 11.7 Å². The van der Waals surface area contributed by atoms with Crippen molar-refractivity contribution in [3.8, 4) is 11.8 Å². The highest BCUT2D eigenvalue weighted by molar-refractivity contribution is 7.20. The van der Waals surface area contributed by atoms with Crippen molar-refractivity contribution in [3.63, 3.8) is 0 Å². The Bertz CT molecular complexity index is 1630. The second-order valence-electron chi connectivity index (χ2n) is 10.6. The van der Waals surface area contributed by atoms with Gasteiger partial charge in [-0.3, -0.25) is 14.2 Å². The zero-order chi connectivity index (χ0) is 32.6. The lowest BCUT2D eigenvalue weighted by Gasteiger charge is -2.27. The van der Waals surface area contributed by atoms with Crippen molar-refractivity contribution in [1.82, 2.24) is 14.5 Å². The second kappa shape index (κ2) is 14.9. The predicted molar refractivity (Wildman–Crippen MR) is 162 cm³/mol. The number of nitrogens with zero attached hydrogens (tertiary/aromatic N) is 3. The zero-order valence-electron chi connectivity index (χ0n) is 25.7. The highest BCUT2D eigenvalue weighted by Crippen LogP contribution is 2.30. The van der Waals surface area contributed by atoms with Crippen molar-refractivity contribution in [2.75, 3.05) is 20.3 Å². The lowest BCUT2D eigenvalue weighted by molar-refractivity contribution is -0.129. The van der Waals surface area contributed by atoms with Crippen LogP contribution in [-0.4, -0.2) is 52.5 Å². The number of aromatic nitrogens is 2. The van der Waals surface area contributed by atoms with Crippen LogP contribution in [0.2, 0.25) is 0 Å². The number of nitriles is 1. The molecule has 13 heteroatoms. The van der Waals surface area contributed by atoms with Crippen LogP contribution in [0.5, 0.6) is 5.75 Å². The van der Waals surface area contributed by atoms with Gasteiger partial charge in [0.15, 0.2) is 0 Å². The van der Waals surface area contributed by atoms with Crippen LogP contribution in [0.25, 0.3) is 10.2 Å². The summed E-state index contributed by atoms with van der Waals surface area (Å²) in [5.74, 6) is -1.32. The number of methoxy groups -OCH3 is 1. The molecule has 1 atom stereocenters. The number of rotatable bonds is 10. The number of amides is 1. The molecule has 1 aromatic carbocycles. The smallest absolute Gasteiger partial charge is 0.348 e. The summed E-state index contributed by atoms with van der Waals surface area (Å²) in [5.41, 5.74) is -2.03. The van der Waals surface area contributed by atoms with Gasteiger partial charge in [-0.25, -0.2) is 18.5 Å². The Balaban J connectivity index is 0.000000973. The van der Waals surface area contributed by atoms with Gasteiger partial charge in [-0.05, 0) is 84.2 Å². The summed E-state index contributed by atoms with van der Waals surface area (Å²) in [6.45, 7) is 11.6. The van der Waals surface area contributed by atoms with Crippen molar-refractivity contribution in [2.45, 2.75) is 73.0 Å². The number of carbonyl (C=O) groups excluding carboxylic acids is 2. The molecule has 234 valence electrons. The number of aryl methyl sites for hydroxylation is 3. The Morgan fingerprint density at radius 1 is 1.23 bits per heavy atom. The van der Waals surface area contributed by atoms with Crippen LogP contribution in [0, 0.1) is 30.0 Å². The third-order valence-corrected chi connectivity index (χ3v) is 7.84. The molecule has 0 spiro atoms. The number of fused-ring (bicyclic) bond motifs is 1. The average Bonchev–Trinajstić information content (AvgIpc) is 3.29. The maximum absolute atomic E-state index is 14.0. The summed E-state index contributed by atoms with van der Waals surface area (Å²) in [6, 6.07) is 5.74. The molecule has 1 unspecified atom stereocenters. The quantitative estimate of drug-likeness (QED) is 0.328. The lowest BCUT2D eigenvalue weighted by Crippen LogP contribution is -2.56. The van der Waals surface area contributed by atoms with Gasteiger partial charge in [-0.2, -0.15) is 5.26 Å². The summed E-state index contributed by atoms with van der Waals surface area (Å²) < 4.78 is 26.7. The summed E-state index contributed by atoms with van der Waals surface area (Å²) in [7, 11) is 1.46.